The molecule has 0 aliphatic rings. The number of anilines is 1. The first kappa shape index (κ1) is 17.2. The van der Waals surface area contributed by atoms with Gasteiger partial charge in [0.2, 0.25) is 11.6 Å². The summed E-state index contributed by atoms with van der Waals surface area (Å²) in [5.41, 5.74) is -0.904. The van der Waals surface area contributed by atoms with Gasteiger partial charge in [0.1, 0.15) is 11.4 Å². The van der Waals surface area contributed by atoms with E-state index in [0.717, 1.165) is 7.11 Å². The number of hydrogen-bond donors (Lipinski definition) is 1. The quantitative estimate of drug-likeness (QED) is 0.635. The maximum Gasteiger partial charge on any atom is 0.263 e. The molecule has 0 bridgehead atoms. The van der Waals surface area contributed by atoms with Crippen LogP contribution in [0.15, 0.2) is 16.6 Å². The highest BCUT2D eigenvalue weighted by atomic mass is 79.9. The second-order valence-electron chi connectivity index (χ2n) is 4.38. The fraction of sp³-hybridized carbons (Fsp3) is 0.143. The number of ether oxygens (including phenoxy) is 1. The third kappa shape index (κ3) is 3.14. The summed E-state index contributed by atoms with van der Waals surface area (Å²) >= 11 is 3.19. The lowest BCUT2D eigenvalue weighted by atomic mass is 10.1. The van der Waals surface area contributed by atoms with E-state index in [-0.39, 0.29) is 5.82 Å². The number of pyridine rings is 1. The molecule has 0 aliphatic carbocycles. The normalized spacial score (nSPS) is 10.6. The minimum absolute atomic E-state index is 0.0360. The summed E-state index contributed by atoms with van der Waals surface area (Å²) in [5, 5.41) is 2.07. The number of carbonyl (C=O) groups is 1. The molecule has 23 heavy (non-hydrogen) atoms. The van der Waals surface area contributed by atoms with Crippen molar-refractivity contribution in [3.63, 3.8) is 0 Å². The predicted molar refractivity (Wildman–Crippen MR) is 77.5 cm³/mol. The van der Waals surface area contributed by atoms with Crippen LogP contribution in [0.2, 0.25) is 0 Å². The Morgan fingerprint density at radius 2 is 1.70 bits per heavy atom. The van der Waals surface area contributed by atoms with Gasteiger partial charge in [0.05, 0.1) is 12.8 Å². The van der Waals surface area contributed by atoms with Gasteiger partial charge in [-0.1, -0.05) is 0 Å². The third-order valence-electron chi connectivity index (χ3n) is 2.92. The summed E-state index contributed by atoms with van der Waals surface area (Å²) < 4.78 is 59.8. The van der Waals surface area contributed by atoms with Crippen molar-refractivity contribution in [1.82, 2.24) is 4.98 Å². The van der Waals surface area contributed by atoms with Crippen LogP contribution >= 0.6 is 15.9 Å². The molecule has 0 atom stereocenters. The second kappa shape index (κ2) is 6.53. The molecular weight excluding hydrogens is 384 g/mol. The number of carbonyl (C=O) groups excluding carboxylic acids is 1. The highest BCUT2D eigenvalue weighted by Crippen LogP contribution is 2.30. The van der Waals surface area contributed by atoms with E-state index in [9.17, 15) is 22.4 Å². The molecule has 2 aromatic rings. The highest BCUT2D eigenvalue weighted by molar-refractivity contribution is 9.10. The molecule has 1 amide bonds. The van der Waals surface area contributed by atoms with Crippen LogP contribution in [-0.2, 0) is 0 Å². The van der Waals surface area contributed by atoms with E-state index in [1.165, 1.54) is 6.07 Å². The molecule has 0 radical (unpaired) electrons. The Morgan fingerprint density at radius 1 is 1.13 bits per heavy atom. The number of nitrogens with one attached hydrogen (secondary N) is 1. The number of aryl methyl sites for hydroxylation is 1. The Hall–Kier alpha value is -2.16. The molecule has 1 N–H and O–H groups in total. The number of nitrogens with zero attached hydrogens (tertiary/aromatic N) is 1. The van der Waals surface area contributed by atoms with E-state index in [2.05, 4.69) is 31.0 Å². The Labute approximate surface area is 136 Å². The second-order valence-corrected chi connectivity index (χ2v) is 5.24. The van der Waals surface area contributed by atoms with Crippen LogP contribution < -0.4 is 10.1 Å². The van der Waals surface area contributed by atoms with Crippen molar-refractivity contribution >= 4 is 27.7 Å². The summed E-state index contributed by atoms with van der Waals surface area (Å²) in [7, 11) is 0.842. The van der Waals surface area contributed by atoms with E-state index in [0.29, 0.717) is 10.2 Å². The average molecular weight is 393 g/mol. The fourth-order valence-electron chi connectivity index (χ4n) is 1.78. The van der Waals surface area contributed by atoms with E-state index >= 15 is 0 Å². The standard InChI is InChI=1S/C14H9BrF4N2O2/c1-5-6(15)3-4-7(20-5)21-14(22)8-9(16)11(18)13(23-2)12(19)10(8)17/h3-4H,1-2H3,(H,20,21,22). The summed E-state index contributed by atoms with van der Waals surface area (Å²) in [6.45, 7) is 1.62. The summed E-state index contributed by atoms with van der Waals surface area (Å²) in [5.74, 6) is -9.96. The molecule has 4 nitrogen and oxygen atoms in total. The summed E-state index contributed by atoms with van der Waals surface area (Å²) in [6, 6.07) is 2.89. The van der Waals surface area contributed by atoms with Gasteiger partial charge in [0, 0.05) is 4.47 Å². The largest absolute Gasteiger partial charge is 0.491 e. The molecule has 1 aromatic carbocycles. The van der Waals surface area contributed by atoms with Crippen LogP contribution in [0.25, 0.3) is 0 Å². The van der Waals surface area contributed by atoms with Gasteiger partial charge in [-0.3, -0.25) is 4.79 Å². The lowest BCUT2D eigenvalue weighted by molar-refractivity contribution is 0.101. The first-order valence-corrected chi connectivity index (χ1v) is 6.91. The molecular formula is C14H9BrF4N2O2. The smallest absolute Gasteiger partial charge is 0.263 e. The number of aromatic nitrogens is 1. The van der Waals surface area contributed by atoms with Crippen LogP contribution in [0, 0.1) is 30.2 Å². The van der Waals surface area contributed by atoms with Crippen LogP contribution in [0.5, 0.6) is 5.75 Å². The monoisotopic (exact) mass is 392 g/mol. The van der Waals surface area contributed by atoms with Crippen molar-refractivity contribution < 1.29 is 27.1 Å². The minimum atomic E-state index is -1.85. The number of amides is 1. The van der Waals surface area contributed by atoms with Crippen LogP contribution in [0.4, 0.5) is 23.4 Å². The average Bonchev–Trinajstić information content (AvgIpc) is 2.50. The van der Waals surface area contributed by atoms with Gasteiger partial charge >= 0.3 is 0 Å². The third-order valence-corrected chi connectivity index (χ3v) is 3.76. The number of halogens is 5. The molecule has 0 fully saturated rings. The van der Waals surface area contributed by atoms with Gasteiger partial charge in [-0.05, 0) is 35.0 Å². The molecule has 0 saturated carbocycles. The van der Waals surface area contributed by atoms with Gasteiger partial charge in [-0.2, -0.15) is 8.78 Å². The maximum atomic E-state index is 13.8. The van der Waals surface area contributed by atoms with Crippen molar-refractivity contribution in [2.75, 3.05) is 12.4 Å². The van der Waals surface area contributed by atoms with E-state index in [1.807, 2.05) is 0 Å². The summed E-state index contributed by atoms with van der Waals surface area (Å²) in [6.07, 6.45) is 0. The molecule has 0 unspecified atom stereocenters. The van der Waals surface area contributed by atoms with Crippen LogP contribution in [0.3, 0.4) is 0 Å². The number of hydrogen-bond acceptors (Lipinski definition) is 3. The molecule has 9 heteroatoms. The molecule has 1 aromatic heterocycles. The molecule has 1 heterocycles. The predicted octanol–water partition coefficient (Wildman–Crippen LogP) is 3.97. The van der Waals surface area contributed by atoms with E-state index in [4.69, 9.17) is 0 Å². The topological polar surface area (TPSA) is 51.2 Å². The fourth-order valence-corrected chi connectivity index (χ4v) is 2.00. The zero-order chi connectivity index (χ0) is 17.3. The van der Waals surface area contributed by atoms with Crippen molar-refractivity contribution in [1.29, 1.82) is 0 Å². The lowest BCUT2D eigenvalue weighted by Gasteiger charge is -2.11. The maximum absolute atomic E-state index is 13.8. The van der Waals surface area contributed by atoms with Crippen molar-refractivity contribution in [2.45, 2.75) is 6.92 Å². The van der Waals surface area contributed by atoms with Crippen molar-refractivity contribution in [3.8, 4) is 5.75 Å². The Balaban J connectivity index is 2.45. The SMILES string of the molecule is COc1c(F)c(F)c(C(=O)Nc2ccc(Br)c(C)n2)c(F)c1F. The zero-order valence-corrected chi connectivity index (χ0v) is 13.4. The number of methoxy groups -OCH3 is 1. The number of rotatable bonds is 3. The Morgan fingerprint density at radius 3 is 2.17 bits per heavy atom. The minimum Gasteiger partial charge on any atom is -0.491 e. The van der Waals surface area contributed by atoms with Gasteiger partial charge in [-0.15, -0.1) is 0 Å². The van der Waals surface area contributed by atoms with Gasteiger partial charge in [0.25, 0.3) is 5.91 Å². The molecule has 0 spiro atoms. The van der Waals surface area contributed by atoms with Crippen LogP contribution in [0.1, 0.15) is 16.1 Å². The molecule has 122 valence electrons. The number of benzene rings is 1. The van der Waals surface area contributed by atoms with E-state index < -0.39 is 40.5 Å². The van der Waals surface area contributed by atoms with E-state index in [1.54, 1.807) is 13.0 Å². The Bertz CT molecular complexity index is 770. The molecule has 0 saturated heterocycles. The molecule has 2 rings (SSSR count). The molecule has 0 aliphatic heterocycles. The Kier molecular flexibility index (Phi) is 4.88. The zero-order valence-electron chi connectivity index (χ0n) is 11.8. The van der Waals surface area contributed by atoms with Gasteiger partial charge in [-0.25, -0.2) is 13.8 Å². The first-order valence-electron chi connectivity index (χ1n) is 6.12. The van der Waals surface area contributed by atoms with Gasteiger partial charge in [0.15, 0.2) is 17.4 Å². The summed E-state index contributed by atoms with van der Waals surface area (Å²) in [4.78, 5) is 15.9. The lowest BCUT2D eigenvalue weighted by Crippen LogP contribution is -2.19. The first-order chi connectivity index (χ1) is 10.8. The van der Waals surface area contributed by atoms with Crippen LogP contribution in [-0.4, -0.2) is 18.0 Å². The van der Waals surface area contributed by atoms with Crippen molar-refractivity contribution in [3.05, 3.63) is 51.1 Å². The highest BCUT2D eigenvalue weighted by Gasteiger charge is 2.30. The van der Waals surface area contributed by atoms with Gasteiger partial charge < -0.3 is 10.1 Å². The van der Waals surface area contributed by atoms with Crippen molar-refractivity contribution in [2.24, 2.45) is 0 Å².